The predicted molar refractivity (Wildman–Crippen MR) is 84.2 cm³/mol. The fourth-order valence-electron chi connectivity index (χ4n) is 1.90. The van der Waals surface area contributed by atoms with Gasteiger partial charge in [0.05, 0.1) is 10.7 Å². The Labute approximate surface area is 136 Å². The molecule has 0 aliphatic rings. The summed E-state index contributed by atoms with van der Waals surface area (Å²) >= 11 is 5.56. The van der Waals surface area contributed by atoms with Gasteiger partial charge in [0.15, 0.2) is 0 Å². The molecule has 0 saturated carbocycles. The van der Waals surface area contributed by atoms with Crippen molar-refractivity contribution in [3.8, 4) is 11.3 Å². The van der Waals surface area contributed by atoms with Crippen LogP contribution in [0.25, 0.3) is 11.3 Å². The first-order valence-electron chi connectivity index (χ1n) is 6.46. The molecule has 118 valence electrons. The molecule has 1 aromatic heterocycles. The quantitative estimate of drug-likeness (QED) is 0.772. The summed E-state index contributed by atoms with van der Waals surface area (Å²) in [4.78, 5) is 0. The van der Waals surface area contributed by atoms with Crippen molar-refractivity contribution in [3.05, 3.63) is 65.4 Å². The van der Waals surface area contributed by atoms with Gasteiger partial charge in [0.1, 0.15) is 11.5 Å². The third-order valence-corrected chi connectivity index (χ3v) is 4.53. The summed E-state index contributed by atoms with van der Waals surface area (Å²) in [7, 11) is -4.02. The molecule has 3 aromatic rings. The van der Waals surface area contributed by atoms with Crippen LogP contribution in [0.5, 0.6) is 0 Å². The third kappa shape index (κ3) is 3.35. The van der Waals surface area contributed by atoms with Crippen molar-refractivity contribution < 1.29 is 17.3 Å². The number of benzene rings is 2. The molecule has 0 spiro atoms. The lowest BCUT2D eigenvalue weighted by Crippen LogP contribution is -2.12. The zero-order chi connectivity index (χ0) is 16.4. The van der Waals surface area contributed by atoms with Gasteiger partial charge in [-0.15, -0.1) is 0 Å². The number of rotatable bonds is 4. The molecule has 0 unspecified atom stereocenters. The van der Waals surface area contributed by atoms with E-state index in [1.807, 2.05) is 6.07 Å². The van der Waals surface area contributed by atoms with Crippen LogP contribution in [0.15, 0.2) is 64.2 Å². The largest absolute Gasteiger partial charge is 0.342 e. The second kappa shape index (κ2) is 6.02. The van der Waals surface area contributed by atoms with Crippen LogP contribution in [-0.4, -0.2) is 13.6 Å². The Kier molecular flexibility index (Phi) is 4.06. The van der Waals surface area contributed by atoms with E-state index in [9.17, 15) is 12.8 Å². The lowest BCUT2D eigenvalue weighted by Gasteiger charge is -2.05. The number of nitrogens with zero attached hydrogens (tertiary/aromatic N) is 1. The minimum Gasteiger partial charge on any atom is -0.342 e. The second-order valence-electron chi connectivity index (χ2n) is 4.63. The predicted octanol–water partition coefficient (Wildman–Crippen LogP) is 3.93. The van der Waals surface area contributed by atoms with Gasteiger partial charge in [-0.2, -0.15) is 8.42 Å². The molecule has 1 N–H and O–H groups in total. The monoisotopic (exact) mass is 352 g/mol. The molecule has 0 radical (unpaired) electrons. The number of hydrogen-bond donors (Lipinski definition) is 1. The minimum atomic E-state index is -4.02. The first-order chi connectivity index (χ1) is 11.0. The Morgan fingerprint density at radius 2 is 1.83 bits per heavy atom. The van der Waals surface area contributed by atoms with Crippen LogP contribution < -0.4 is 4.72 Å². The Hall–Kier alpha value is -2.38. The molecule has 0 atom stereocenters. The van der Waals surface area contributed by atoms with E-state index in [1.54, 1.807) is 24.3 Å². The number of sulfonamides is 1. The van der Waals surface area contributed by atoms with Gasteiger partial charge >= 0.3 is 0 Å². The van der Waals surface area contributed by atoms with Crippen LogP contribution in [0.2, 0.25) is 5.02 Å². The summed E-state index contributed by atoms with van der Waals surface area (Å²) in [6, 6.07) is 13.9. The first kappa shape index (κ1) is 15.5. The molecule has 0 aliphatic heterocycles. The molecular weight excluding hydrogens is 343 g/mol. The molecule has 0 amide bonds. The maximum Gasteiger partial charge on any atom is 0.298 e. The number of halogens is 2. The number of hydrogen-bond acceptors (Lipinski definition) is 4. The molecule has 2 aromatic carbocycles. The van der Waals surface area contributed by atoms with Gasteiger partial charge in [0.25, 0.3) is 15.1 Å². The Morgan fingerprint density at radius 3 is 2.52 bits per heavy atom. The highest BCUT2D eigenvalue weighted by Crippen LogP contribution is 2.24. The highest BCUT2D eigenvalue weighted by molar-refractivity contribution is 7.92. The van der Waals surface area contributed by atoms with Crippen LogP contribution >= 0.6 is 11.6 Å². The molecular formula is C15H10ClFN2O3S. The molecule has 0 fully saturated rings. The van der Waals surface area contributed by atoms with E-state index in [2.05, 4.69) is 9.88 Å². The molecule has 5 nitrogen and oxygen atoms in total. The summed E-state index contributed by atoms with van der Waals surface area (Å²) in [5.41, 5.74) is 1.13. The normalized spacial score (nSPS) is 11.4. The van der Waals surface area contributed by atoms with Gasteiger partial charge in [-0.1, -0.05) is 47.1 Å². The summed E-state index contributed by atoms with van der Waals surface area (Å²) < 4.78 is 45.0. The van der Waals surface area contributed by atoms with Gasteiger partial charge < -0.3 is 4.52 Å². The van der Waals surface area contributed by atoms with Crippen molar-refractivity contribution in [2.75, 3.05) is 4.72 Å². The van der Waals surface area contributed by atoms with Crippen LogP contribution in [0.1, 0.15) is 0 Å². The van der Waals surface area contributed by atoms with E-state index in [0.29, 0.717) is 5.69 Å². The van der Waals surface area contributed by atoms with Crippen molar-refractivity contribution in [2.45, 2.75) is 5.09 Å². The molecule has 8 heteroatoms. The highest BCUT2D eigenvalue weighted by atomic mass is 35.5. The van der Waals surface area contributed by atoms with Crippen molar-refractivity contribution in [3.63, 3.8) is 0 Å². The summed E-state index contributed by atoms with van der Waals surface area (Å²) in [5.74, 6) is -0.727. The second-order valence-corrected chi connectivity index (χ2v) is 6.65. The molecule has 0 saturated heterocycles. The highest BCUT2D eigenvalue weighted by Gasteiger charge is 2.21. The van der Waals surface area contributed by atoms with Crippen molar-refractivity contribution in [1.29, 1.82) is 0 Å². The van der Waals surface area contributed by atoms with Gasteiger partial charge in [-0.3, -0.25) is 4.72 Å². The maximum absolute atomic E-state index is 13.4. The van der Waals surface area contributed by atoms with Crippen molar-refractivity contribution in [1.82, 2.24) is 5.16 Å². The van der Waals surface area contributed by atoms with E-state index < -0.39 is 15.8 Å². The van der Waals surface area contributed by atoms with Gasteiger partial charge in [0, 0.05) is 11.6 Å². The molecule has 1 heterocycles. The smallest absolute Gasteiger partial charge is 0.298 e. The number of nitrogens with one attached hydrogen (secondary N) is 1. The molecule has 23 heavy (non-hydrogen) atoms. The number of anilines is 1. The molecule has 0 aliphatic carbocycles. The first-order valence-corrected chi connectivity index (χ1v) is 8.32. The van der Waals surface area contributed by atoms with Gasteiger partial charge in [0.2, 0.25) is 0 Å². The standard InChI is InChI=1S/C15H10ClFN2O3S/c16-12-7-6-11(8-13(12)17)19-23(20,21)15-9-14(18-22-15)10-4-2-1-3-5-10/h1-9,19H. The number of aromatic nitrogens is 1. The summed E-state index contributed by atoms with van der Waals surface area (Å²) in [6.07, 6.45) is 0. The lowest BCUT2D eigenvalue weighted by atomic mass is 10.2. The maximum atomic E-state index is 13.4. The average Bonchev–Trinajstić information content (AvgIpc) is 3.02. The summed E-state index contributed by atoms with van der Waals surface area (Å²) in [6.45, 7) is 0. The van der Waals surface area contributed by atoms with Crippen LogP contribution in [0, 0.1) is 5.82 Å². The third-order valence-electron chi connectivity index (χ3n) is 2.99. The lowest BCUT2D eigenvalue weighted by molar-refractivity contribution is 0.341. The minimum absolute atomic E-state index is 0.0320. The van der Waals surface area contributed by atoms with E-state index in [1.165, 1.54) is 18.2 Å². The fourth-order valence-corrected chi connectivity index (χ4v) is 2.95. The zero-order valence-electron chi connectivity index (χ0n) is 11.5. The molecule has 3 rings (SSSR count). The van der Waals surface area contributed by atoms with E-state index >= 15 is 0 Å². The van der Waals surface area contributed by atoms with Crippen LogP contribution in [0.4, 0.5) is 10.1 Å². The van der Waals surface area contributed by atoms with Gasteiger partial charge in [-0.25, -0.2) is 4.39 Å². The summed E-state index contributed by atoms with van der Waals surface area (Å²) in [5, 5.41) is 3.27. The van der Waals surface area contributed by atoms with E-state index in [4.69, 9.17) is 16.1 Å². The Balaban J connectivity index is 1.88. The van der Waals surface area contributed by atoms with Crippen LogP contribution in [-0.2, 0) is 10.0 Å². The SMILES string of the molecule is O=S(=O)(Nc1ccc(Cl)c(F)c1)c1cc(-c2ccccc2)no1. The zero-order valence-corrected chi connectivity index (χ0v) is 13.1. The Morgan fingerprint density at radius 1 is 1.09 bits per heavy atom. The fraction of sp³-hybridized carbons (Fsp3) is 0. The topological polar surface area (TPSA) is 72.2 Å². The average molecular weight is 353 g/mol. The van der Waals surface area contributed by atoms with Crippen LogP contribution in [0.3, 0.4) is 0 Å². The van der Waals surface area contributed by atoms with E-state index in [-0.39, 0.29) is 15.8 Å². The van der Waals surface area contributed by atoms with Crippen molar-refractivity contribution in [2.24, 2.45) is 0 Å². The Bertz CT molecular complexity index is 942. The van der Waals surface area contributed by atoms with E-state index in [0.717, 1.165) is 11.6 Å². The van der Waals surface area contributed by atoms with Crippen molar-refractivity contribution >= 4 is 27.3 Å². The molecule has 0 bridgehead atoms. The van der Waals surface area contributed by atoms with Gasteiger partial charge in [-0.05, 0) is 18.2 Å².